The number of nitrogens with one attached hydrogen (secondary N) is 1. The molecular weight excluding hydrogens is 338 g/mol. The van der Waals surface area contributed by atoms with Crippen LogP contribution in [0.15, 0.2) is 30.3 Å². The molecule has 4 rings (SSSR count). The monoisotopic (exact) mass is 369 g/mol. The minimum absolute atomic E-state index is 0.0477. The van der Waals surface area contributed by atoms with E-state index in [2.05, 4.69) is 29.3 Å². The van der Waals surface area contributed by atoms with Gasteiger partial charge in [0.2, 0.25) is 5.91 Å². The summed E-state index contributed by atoms with van der Waals surface area (Å²) < 4.78 is 0. The zero-order valence-electron chi connectivity index (χ0n) is 16.3. The maximum Gasteiger partial charge on any atom is 0.317 e. The SMILES string of the molecule is CCC(NC(=O)N1CCC2(CCC(=O)N(C3CC3)C2)CC1)c1ccccc1. The van der Waals surface area contributed by atoms with Gasteiger partial charge in [-0.15, -0.1) is 0 Å². The number of piperidine rings is 2. The van der Waals surface area contributed by atoms with Crippen molar-refractivity contribution in [3.63, 3.8) is 0 Å². The Bertz CT molecular complexity index is 678. The van der Waals surface area contributed by atoms with Crippen molar-refractivity contribution in [2.45, 2.75) is 64.0 Å². The van der Waals surface area contributed by atoms with Crippen molar-refractivity contribution in [1.29, 1.82) is 0 Å². The van der Waals surface area contributed by atoms with Gasteiger partial charge in [0.05, 0.1) is 6.04 Å². The molecule has 5 heteroatoms. The van der Waals surface area contributed by atoms with E-state index < -0.39 is 0 Å². The fourth-order valence-corrected chi connectivity index (χ4v) is 4.70. The predicted molar refractivity (Wildman–Crippen MR) is 105 cm³/mol. The molecule has 3 amide bonds. The minimum atomic E-state index is 0.0477. The molecule has 2 saturated heterocycles. The van der Waals surface area contributed by atoms with Crippen LogP contribution in [0.25, 0.3) is 0 Å². The summed E-state index contributed by atoms with van der Waals surface area (Å²) in [6, 6.07) is 10.8. The van der Waals surface area contributed by atoms with Crippen molar-refractivity contribution in [3.8, 4) is 0 Å². The Morgan fingerprint density at radius 3 is 2.52 bits per heavy atom. The first-order valence-electron chi connectivity index (χ1n) is 10.5. The van der Waals surface area contributed by atoms with Crippen LogP contribution >= 0.6 is 0 Å². The lowest BCUT2D eigenvalue weighted by Crippen LogP contribution is -2.54. The van der Waals surface area contributed by atoms with Crippen LogP contribution in [0, 0.1) is 5.41 Å². The molecule has 1 aromatic carbocycles. The van der Waals surface area contributed by atoms with Crippen LogP contribution in [-0.2, 0) is 4.79 Å². The molecule has 3 fully saturated rings. The number of benzene rings is 1. The quantitative estimate of drug-likeness (QED) is 0.879. The molecule has 3 aliphatic rings. The number of likely N-dealkylation sites (tertiary alicyclic amines) is 2. The van der Waals surface area contributed by atoms with Crippen molar-refractivity contribution in [3.05, 3.63) is 35.9 Å². The van der Waals surface area contributed by atoms with Crippen LogP contribution in [0.4, 0.5) is 4.79 Å². The van der Waals surface area contributed by atoms with Crippen LogP contribution in [0.3, 0.4) is 0 Å². The zero-order chi connectivity index (χ0) is 18.9. The van der Waals surface area contributed by atoms with Gasteiger partial charge in [0, 0.05) is 32.1 Å². The van der Waals surface area contributed by atoms with Gasteiger partial charge in [-0.2, -0.15) is 0 Å². The first-order chi connectivity index (χ1) is 13.1. The summed E-state index contributed by atoms with van der Waals surface area (Å²) in [5.41, 5.74) is 1.39. The molecule has 1 saturated carbocycles. The van der Waals surface area contributed by atoms with E-state index >= 15 is 0 Å². The Morgan fingerprint density at radius 2 is 1.89 bits per heavy atom. The van der Waals surface area contributed by atoms with Gasteiger partial charge in [-0.1, -0.05) is 37.3 Å². The molecule has 5 nitrogen and oxygen atoms in total. The number of urea groups is 1. The van der Waals surface area contributed by atoms with Crippen LogP contribution in [0.5, 0.6) is 0 Å². The summed E-state index contributed by atoms with van der Waals surface area (Å²) >= 11 is 0. The van der Waals surface area contributed by atoms with E-state index in [0.29, 0.717) is 18.4 Å². The molecule has 0 aromatic heterocycles. The number of hydrogen-bond donors (Lipinski definition) is 1. The normalized spacial score (nSPS) is 23.4. The van der Waals surface area contributed by atoms with E-state index in [4.69, 9.17) is 0 Å². The van der Waals surface area contributed by atoms with Crippen molar-refractivity contribution >= 4 is 11.9 Å². The van der Waals surface area contributed by atoms with E-state index in [1.807, 2.05) is 23.1 Å². The molecular formula is C22H31N3O2. The summed E-state index contributed by atoms with van der Waals surface area (Å²) in [4.78, 5) is 29.1. The minimum Gasteiger partial charge on any atom is -0.339 e. The number of carbonyl (C=O) groups is 2. The van der Waals surface area contributed by atoms with Crippen LogP contribution in [-0.4, -0.2) is 47.4 Å². The van der Waals surface area contributed by atoms with Gasteiger partial charge in [0.15, 0.2) is 0 Å². The number of amides is 3. The molecule has 1 atom stereocenters. The molecule has 0 radical (unpaired) electrons. The summed E-state index contributed by atoms with van der Waals surface area (Å²) in [6.07, 6.45) is 6.94. The number of rotatable bonds is 4. The van der Waals surface area contributed by atoms with Crippen LogP contribution < -0.4 is 5.32 Å². The Hall–Kier alpha value is -2.04. The van der Waals surface area contributed by atoms with Gasteiger partial charge in [-0.25, -0.2) is 4.79 Å². The Morgan fingerprint density at radius 1 is 1.19 bits per heavy atom. The van der Waals surface area contributed by atoms with Crippen molar-refractivity contribution in [2.75, 3.05) is 19.6 Å². The second-order valence-electron chi connectivity index (χ2n) is 8.56. The second kappa shape index (κ2) is 7.53. The summed E-state index contributed by atoms with van der Waals surface area (Å²) in [6.45, 7) is 4.61. The smallest absolute Gasteiger partial charge is 0.317 e. The molecule has 1 N–H and O–H groups in total. The van der Waals surface area contributed by atoms with Crippen molar-refractivity contribution < 1.29 is 9.59 Å². The third-order valence-electron chi connectivity index (χ3n) is 6.70. The van der Waals surface area contributed by atoms with Crippen LogP contribution in [0.1, 0.15) is 63.5 Å². The van der Waals surface area contributed by atoms with E-state index in [9.17, 15) is 9.59 Å². The Balaban J connectivity index is 1.33. The van der Waals surface area contributed by atoms with Gasteiger partial charge in [0.25, 0.3) is 0 Å². The fourth-order valence-electron chi connectivity index (χ4n) is 4.70. The lowest BCUT2D eigenvalue weighted by atomic mass is 9.72. The van der Waals surface area contributed by atoms with Gasteiger partial charge in [0.1, 0.15) is 0 Å². The first-order valence-corrected chi connectivity index (χ1v) is 10.5. The third-order valence-corrected chi connectivity index (χ3v) is 6.70. The Kier molecular flexibility index (Phi) is 5.11. The van der Waals surface area contributed by atoms with E-state index in [0.717, 1.165) is 50.9 Å². The molecule has 1 aromatic rings. The first kappa shape index (κ1) is 18.3. The molecule has 2 aliphatic heterocycles. The third kappa shape index (κ3) is 3.97. The van der Waals surface area contributed by atoms with E-state index in [1.165, 1.54) is 12.8 Å². The van der Waals surface area contributed by atoms with E-state index in [1.54, 1.807) is 0 Å². The summed E-state index contributed by atoms with van der Waals surface area (Å²) in [5, 5.41) is 3.21. The lowest BCUT2D eigenvalue weighted by molar-refractivity contribution is -0.139. The predicted octanol–water partition coefficient (Wildman–Crippen LogP) is 3.71. The van der Waals surface area contributed by atoms with Crippen molar-refractivity contribution in [1.82, 2.24) is 15.1 Å². The largest absolute Gasteiger partial charge is 0.339 e. The van der Waals surface area contributed by atoms with Crippen molar-refractivity contribution in [2.24, 2.45) is 5.41 Å². The maximum absolute atomic E-state index is 12.8. The highest BCUT2D eigenvalue weighted by Crippen LogP contribution is 2.43. The average molecular weight is 370 g/mol. The fraction of sp³-hybridized carbons (Fsp3) is 0.636. The number of hydrogen-bond acceptors (Lipinski definition) is 2. The molecule has 1 unspecified atom stereocenters. The number of carbonyl (C=O) groups excluding carboxylic acids is 2. The summed E-state index contributed by atoms with van der Waals surface area (Å²) in [7, 11) is 0. The van der Waals surface area contributed by atoms with Gasteiger partial charge in [-0.05, 0) is 49.5 Å². The highest BCUT2D eigenvalue weighted by Gasteiger charge is 2.45. The molecule has 1 aliphatic carbocycles. The highest BCUT2D eigenvalue weighted by molar-refractivity contribution is 5.78. The number of nitrogens with zero attached hydrogens (tertiary/aromatic N) is 2. The summed E-state index contributed by atoms with van der Waals surface area (Å²) in [5.74, 6) is 0.344. The standard InChI is InChI=1S/C22H31N3O2/c1-2-19(17-6-4-3-5-7-17)23-21(27)24-14-12-22(13-15-24)11-10-20(26)25(16-22)18-8-9-18/h3-7,18-19H,2,8-16H2,1H3,(H,23,27). The zero-order valence-corrected chi connectivity index (χ0v) is 16.3. The average Bonchev–Trinajstić information content (AvgIpc) is 3.54. The molecule has 2 heterocycles. The maximum atomic E-state index is 12.8. The molecule has 1 spiro atoms. The Labute approximate surface area is 162 Å². The van der Waals surface area contributed by atoms with Gasteiger partial charge >= 0.3 is 6.03 Å². The van der Waals surface area contributed by atoms with Crippen LogP contribution in [0.2, 0.25) is 0 Å². The van der Waals surface area contributed by atoms with Gasteiger partial charge < -0.3 is 15.1 Å². The topological polar surface area (TPSA) is 52.7 Å². The van der Waals surface area contributed by atoms with E-state index in [-0.39, 0.29) is 17.5 Å². The second-order valence-corrected chi connectivity index (χ2v) is 8.56. The highest BCUT2D eigenvalue weighted by atomic mass is 16.2. The molecule has 27 heavy (non-hydrogen) atoms. The van der Waals surface area contributed by atoms with Gasteiger partial charge in [-0.3, -0.25) is 4.79 Å². The molecule has 0 bridgehead atoms. The molecule has 146 valence electrons. The lowest BCUT2D eigenvalue weighted by Gasteiger charge is -2.47.